The number of pyridine rings is 1. The second kappa shape index (κ2) is 4.39. The maximum atomic E-state index is 12.2. The first-order valence-electron chi connectivity index (χ1n) is 4.45. The summed E-state index contributed by atoms with van der Waals surface area (Å²) in [7, 11) is 0. The lowest BCUT2D eigenvalue weighted by molar-refractivity contribution is -0.190. The van der Waals surface area contributed by atoms with E-state index in [1.165, 1.54) is 12.1 Å². The standard InChI is InChI=1S/C10H9F3N2O/c1-6-3-4-8(5-14)9(15-6)16-7(2)10(11,12)13/h3-4,7H,1-2H3. The number of alkyl halides is 3. The van der Waals surface area contributed by atoms with Crippen molar-refractivity contribution >= 4 is 0 Å². The highest BCUT2D eigenvalue weighted by atomic mass is 19.4. The molecule has 0 saturated carbocycles. The number of hydrogen-bond acceptors (Lipinski definition) is 3. The number of rotatable bonds is 2. The number of aromatic nitrogens is 1. The van der Waals surface area contributed by atoms with Crippen LogP contribution in [0.5, 0.6) is 5.88 Å². The maximum Gasteiger partial charge on any atom is 0.425 e. The number of ether oxygens (including phenoxy) is 1. The fourth-order valence-electron chi connectivity index (χ4n) is 0.942. The number of nitriles is 1. The van der Waals surface area contributed by atoms with Gasteiger partial charge in [-0.3, -0.25) is 0 Å². The molecular weight excluding hydrogens is 221 g/mol. The van der Waals surface area contributed by atoms with E-state index in [9.17, 15) is 13.2 Å². The topological polar surface area (TPSA) is 45.9 Å². The van der Waals surface area contributed by atoms with Gasteiger partial charge in [0.15, 0.2) is 6.10 Å². The lowest BCUT2D eigenvalue weighted by Crippen LogP contribution is -2.31. The van der Waals surface area contributed by atoms with Crippen LogP contribution in [0, 0.1) is 18.3 Å². The van der Waals surface area contributed by atoms with Crippen LogP contribution >= 0.6 is 0 Å². The van der Waals surface area contributed by atoms with Crippen LogP contribution in [0.2, 0.25) is 0 Å². The molecule has 1 unspecified atom stereocenters. The molecule has 1 heterocycles. The van der Waals surface area contributed by atoms with Crippen molar-refractivity contribution in [3.05, 3.63) is 23.4 Å². The average molecular weight is 230 g/mol. The fourth-order valence-corrected chi connectivity index (χ4v) is 0.942. The molecule has 3 nitrogen and oxygen atoms in total. The van der Waals surface area contributed by atoms with Gasteiger partial charge >= 0.3 is 6.18 Å². The van der Waals surface area contributed by atoms with Crippen molar-refractivity contribution in [1.29, 1.82) is 5.26 Å². The van der Waals surface area contributed by atoms with E-state index in [1.807, 2.05) is 0 Å². The molecule has 1 rings (SSSR count). The smallest absolute Gasteiger partial charge is 0.425 e. The SMILES string of the molecule is Cc1ccc(C#N)c(OC(C)C(F)(F)F)n1. The molecule has 0 aliphatic carbocycles. The highest BCUT2D eigenvalue weighted by Crippen LogP contribution is 2.25. The zero-order valence-electron chi connectivity index (χ0n) is 8.67. The quantitative estimate of drug-likeness (QED) is 0.784. The van der Waals surface area contributed by atoms with Gasteiger partial charge in [0.2, 0.25) is 5.88 Å². The highest BCUT2D eigenvalue weighted by molar-refractivity contribution is 5.38. The van der Waals surface area contributed by atoms with E-state index >= 15 is 0 Å². The van der Waals surface area contributed by atoms with E-state index in [0.717, 1.165) is 6.92 Å². The van der Waals surface area contributed by atoms with Crippen molar-refractivity contribution in [2.45, 2.75) is 26.1 Å². The van der Waals surface area contributed by atoms with Crippen LogP contribution in [-0.2, 0) is 0 Å². The summed E-state index contributed by atoms with van der Waals surface area (Å²) in [6.45, 7) is 2.47. The van der Waals surface area contributed by atoms with Crippen molar-refractivity contribution in [2.24, 2.45) is 0 Å². The Kier molecular flexibility index (Phi) is 3.38. The molecule has 16 heavy (non-hydrogen) atoms. The lowest BCUT2D eigenvalue weighted by atomic mass is 10.2. The number of halogens is 3. The summed E-state index contributed by atoms with van der Waals surface area (Å²) in [5.41, 5.74) is 0.477. The van der Waals surface area contributed by atoms with Gasteiger partial charge in [-0.15, -0.1) is 0 Å². The molecule has 0 aliphatic heterocycles. The first-order valence-corrected chi connectivity index (χ1v) is 4.45. The molecule has 86 valence electrons. The summed E-state index contributed by atoms with van der Waals surface area (Å²) in [4.78, 5) is 3.75. The van der Waals surface area contributed by atoms with Gasteiger partial charge in [0, 0.05) is 5.69 Å². The molecule has 0 saturated heterocycles. The lowest BCUT2D eigenvalue weighted by Gasteiger charge is -2.17. The number of nitrogens with zero attached hydrogens (tertiary/aromatic N) is 2. The van der Waals surface area contributed by atoms with Crippen molar-refractivity contribution in [3.63, 3.8) is 0 Å². The molecular formula is C10H9F3N2O. The van der Waals surface area contributed by atoms with Crippen LogP contribution in [0.1, 0.15) is 18.2 Å². The zero-order chi connectivity index (χ0) is 12.3. The van der Waals surface area contributed by atoms with Crippen LogP contribution in [-0.4, -0.2) is 17.3 Å². The minimum atomic E-state index is -4.47. The number of aryl methyl sites for hydroxylation is 1. The fraction of sp³-hybridized carbons (Fsp3) is 0.400. The van der Waals surface area contributed by atoms with Crippen LogP contribution < -0.4 is 4.74 Å². The van der Waals surface area contributed by atoms with E-state index < -0.39 is 12.3 Å². The van der Waals surface area contributed by atoms with E-state index in [4.69, 9.17) is 5.26 Å². The first-order chi connectivity index (χ1) is 7.34. The molecule has 1 aromatic rings. The summed E-state index contributed by atoms with van der Waals surface area (Å²) in [6.07, 6.45) is -6.47. The minimum Gasteiger partial charge on any atom is -0.464 e. The summed E-state index contributed by atoms with van der Waals surface area (Å²) in [5.74, 6) is -0.285. The Bertz CT molecular complexity index is 423. The molecule has 0 aromatic carbocycles. The number of hydrogen-bond donors (Lipinski definition) is 0. The Morgan fingerprint density at radius 1 is 1.44 bits per heavy atom. The third kappa shape index (κ3) is 2.86. The van der Waals surface area contributed by atoms with Crippen molar-refractivity contribution in [3.8, 4) is 11.9 Å². The van der Waals surface area contributed by atoms with E-state index in [-0.39, 0.29) is 11.4 Å². The molecule has 0 N–H and O–H groups in total. The van der Waals surface area contributed by atoms with Crippen molar-refractivity contribution in [1.82, 2.24) is 4.98 Å². The maximum absolute atomic E-state index is 12.2. The Morgan fingerprint density at radius 2 is 2.06 bits per heavy atom. The molecule has 0 radical (unpaired) electrons. The van der Waals surface area contributed by atoms with Gasteiger partial charge in [-0.2, -0.15) is 18.4 Å². The van der Waals surface area contributed by atoms with Gasteiger partial charge < -0.3 is 4.74 Å². The molecule has 6 heteroatoms. The summed E-state index contributed by atoms with van der Waals surface area (Å²) in [6, 6.07) is 4.63. The van der Waals surface area contributed by atoms with Gasteiger partial charge in [0.1, 0.15) is 11.6 Å². The largest absolute Gasteiger partial charge is 0.464 e. The third-order valence-electron chi connectivity index (χ3n) is 1.87. The van der Waals surface area contributed by atoms with Crippen LogP contribution in [0.25, 0.3) is 0 Å². The molecule has 0 amide bonds. The first kappa shape index (κ1) is 12.3. The summed E-state index contributed by atoms with van der Waals surface area (Å²) in [5, 5.41) is 8.67. The van der Waals surface area contributed by atoms with Crippen LogP contribution in [0.4, 0.5) is 13.2 Å². The van der Waals surface area contributed by atoms with Gasteiger partial charge in [-0.1, -0.05) is 0 Å². The van der Waals surface area contributed by atoms with Gasteiger partial charge in [0.25, 0.3) is 0 Å². The Balaban J connectivity index is 2.97. The molecule has 0 bridgehead atoms. The predicted octanol–water partition coefficient (Wildman–Crippen LogP) is 2.59. The molecule has 0 spiro atoms. The monoisotopic (exact) mass is 230 g/mol. The van der Waals surface area contributed by atoms with E-state index in [1.54, 1.807) is 13.0 Å². The second-order valence-corrected chi connectivity index (χ2v) is 3.22. The summed E-state index contributed by atoms with van der Waals surface area (Å²) >= 11 is 0. The Hall–Kier alpha value is -1.77. The van der Waals surface area contributed by atoms with Gasteiger partial charge in [-0.25, -0.2) is 4.98 Å². The van der Waals surface area contributed by atoms with Crippen LogP contribution in [0.15, 0.2) is 12.1 Å². The molecule has 1 atom stereocenters. The third-order valence-corrected chi connectivity index (χ3v) is 1.87. The Morgan fingerprint density at radius 3 is 2.56 bits per heavy atom. The van der Waals surface area contributed by atoms with Gasteiger partial charge in [0.05, 0.1) is 0 Å². The highest BCUT2D eigenvalue weighted by Gasteiger charge is 2.38. The zero-order valence-corrected chi connectivity index (χ0v) is 8.67. The molecule has 0 aliphatic rings. The second-order valence-electron chi connectivity index (χ2n) is 3.22. The van der Waals surface area contributed by atoms with E-state index in [2.05, 4.69) is 9.72 Å². The summed E-state index contributed by atoms with van der Waals surface area (Å²) < 4.78 is 41.3. The Labute approximate surface area is 90.5 Å². The predicted molar refractivity (Wildman–Crippen MR) is 49.8 cm³/mol. The molecule has 0 fully saturated rings. The average Bonchev–Trinajstić information content (AvgIpc) is 2.16. The molecule has 1 aromatic heterocycles. The van der Waals surface area contributed by atoms with Crippen molar-refractivity contribution < 1.29 is 17.9 Å². The van der Waals surface area contributed by atoms with E-state index in [0.29, 0.717) is 5.69 Å². The van der Waals surface area contributed by atoms with Crippen molar-refractivity contribution in [2.75, 3.05) is 0 Å². The normalized spacial score (nSPS) is 13.0. The van der Waals surface area contributed by atoms with Crippen LogP contribution in [0.3, 0.4) is 0 Å². The van der Waals surface area contributed by atoms with Gasteiger partial charge in [-0.05, 0) is 26.0 Å². The minimum absolute atomic E-state index is 0.0123.